The molecular weight excluding hydrogens is 281 g/mol. The molecule has 7 nitrogen and oxygen atoms in total. The van der Waals surface area contributed by atoms with E-state index in [-0.39, 0.29) is 23.6 Å². The Hall–Kier alpha value is -2.61. The Balaban J connectivity index is 2.90. The van der Waals surface area contributed by atoms with Crippen molar-refractivity contribution in [3.63, 3.8) is 0 Å². The standard InChI is InChI=1S/C13H16FN3O4/c1-3-21-10-5-4-8(6-9(10)14)12(18)16-11(7(2)15)13(19)17-20/h4-6,11,20H,2-3,15H2,1H3,(H,16,18)(H,17,19)/t11-/m0/s1. The SMILES string of the molecule is C=C(N)[C@H](NC(=O)c1ccc(OCC)c(F)c1)C(=O)NO. The van der Waals surface area contributed by atoms with Crippen LogP contribution in [0.5, 0.6) is 5.75 Å². The summed E-state index contributed by atoms with van der Waals surface area (Å²) in [5.41, 5.74) is 6.50. The van der Waals surface area contributed by atoms with Gasteiger partial charge in [-0.2, -0.15) is 0 Å². The van der Waals surface area contributed by atoms with E-state index < -0.39 is 23.7 Å². The minimum absolute atomic E-state index is 0.0157. The first kappa shape index (κ1) is 16.4. The summed E-state index contributed by atoms with van der Waals surface area (Å²) in [7, 11) is 0. The molecule has 0 aliphatic heterocycles. The summed E-state index contributed by atoms with van der Waals surface area (Å²) in [5, 5.41) is 10.8. The van der Waals surface area contributed by atoms with E-state index in [9.17, 15) is 14.0 Å². The van der Waals surface area contributed by atoms with Crippen molar-refractivity contribution in [1.29, 1.82) is 0 Å². The first-order valence-electron chi connectivity index (χ1n) is 6.02. The summed E-state index contributed by atoms with van der Waals surface area (Å²) in [6.07, 6.45) is 0. The molecule has 0 aliphatic rings. The molecule has 2 amide bonds. The number of carbonyl (C=O) groups excluding carboxylic acids is 2. The van der Waals surface area contributed by atoms with Gasteiger partial charge in [0.1, 0.15) is 6.04 Å². The molecule has 0 heterocycles. The molecule has 1 aromatic carbocycles. The van der Waals surface area contributed by atoms with Gasteiger partial charge in [0.2, 0.25) is 0 Å². The van der Waals surface area contributed by atoms with Gasteiger partial charge in [-0.3, -0.25) is 14.8 Å². The van der Waals surface area contributed by atoms with E-state index in [4.69, 9.17) is 15.7 Å². The lowest BCUT2D eigenvalue weighted by atomic mass is 10.1. The summed E-state index contributed by atoms with van der Waals surface area (Å²) in [6, 6.07) is 2.26. The van der Waals surface area contributed by atoms with Crippen molar-refractivity contribution in [3.8, 4) is 5.75 Å². The minimum atomic E-state index is -1.34. The number of nitrogens with one attached hydrogen (secondary N) is 2. The Labute approximate surface area is 120 Å². The summed E-state index contributed by atoms with van der Waals surface area (Å²) < 4.78 is 18.7. The average Bonchev–Trinajstić information content (AvgIpc) is 2.45. The zero-order valence-corrected chi connectivity index (χ0v) is 11.4. The number of hydrogen-bond acceptors (Lipinski definition) is 5. The van der Waals surface area contributed by atoms with Gasteiger partial charge in [0.15, 0.2) is 11.6 Å². The second kappa shape index (κ2) is 7.25. The van der Waals surface area contributed by atoms with E-state index in [0.717, 1.165) is 6.07 Å². The highest BCUT2D eigenvalue weighted by Crippen LogP contribution is 2.18. The normalized spacial score (nSPS) is 11.4. The first-order valence-corrected chi connectivity index (χ1v) is 6.02. The molecule has 0 unspecified atom stereocenters. The predicted molar refractivity (Wildman–Crippen MR) is 72.1 cm³/mol. The van der Waals surface area contributed by atoms with E-state index >= 15 is 0 Å². The predicted octanol–water partition coefficient (Wildman–Crippen LogP) is 0.301. The van der Waals surface area contributed by atoms with Gasteiger partial charge in [-0.25, -0.2) is 9.87 Å². The van der Waals surface area contributed by atoms with Crippen LogP contribution in [-0.4, -0.2) is 29.7 Å². The third kappa shape index (κ3) is 4.18. The number of hydroxylamine groups is 1. The second-order valence-corrected chi connectivity index (χ2v) is 4.04. The summed E-state index contributed by atoms with van der Waals surface area (Å²) in [4.78, 5) is 23.2. The van der Waals surface area contributed by atoms with Crippen molar-refractivity contribution < 1.29 is 23.9 Å². The number of benzene rings is 1. The quantitative estimate of drug-likeness (QED) is 0.445. The molecule has 8 heteroatoms. The fraction of sp³-hybridized carbons (Fsp3) is 0.231. The molecule has 1 rings (SSSR count). The Morgan fingerprint density at radius 2 is 2.19 bits per heavy atom. The van der Waals surface area contributed by atoms with E-state index in [1.165, 1.54) is 17.6 Å². The molecule has 0 aliphatic carbocycles. The van der Waals surface area contributed by atoms with E-state index in [2.05, 4.69) is 11.9 Å². The Morgan fingerprint density at radius 3 is 2.67 bits per heavy atom. The van der Waals surface area contributed by atoms with Gasteiger partial charge in [0.05, 0.1) is 6.61 Å². The molecule has 0 aromatic heterocycles. The van der Waals surface area contributed by atoms with Crippen molar-refractivity contribution in [2.75, 3.05) is 6.61 Å². The van der Waals surface area contributed by atoms with Crippen LogP contribution < -0.4 is 21.3 Å². The van der Waals surface area contributed by atoms with Gasteiger partial charge in [-0.05, 0) is 25.1 Å². The first-order chi connectivity index (χ1) is 9.90. The van der Waals surface area contributed by atoms with E-state index in [0.29, 0.717) is 0 Å². The third-order valence-electron chi connectivity index (χ3n) is 2.51. The molecule has 0 bridgehead atoms. The van der Waals surface area contributed by atoms with Crippen molar-refractivity contribution in [1.82, 2.24) is 10.8 Å². The molecule has 0 spiro atoms. The van der Waals surface area contributed by atoms with Crippen LogP contribution >= 0.6 is 0 Å². The maximum atomic E-state index is 13.7. The minimum Gasteiger partial charge on any atom is -0.491 e. The number of rotatable bonds is 6. The van der Waals surface area contributed by atoms with Crippen LogP contribution in [0.3, 0.4) is 0 Å². The number of nitrogens with two attached hydrogens (primary N) is 1. The highest BCUT2D eigenvalue weighted by molar-refractivity contribution is 5.98. The smallest absolute Gasteiger partial charge is 0.272 e. The van der Waals surface area contributed by atoms with Crippen LogP contribution in [0, 0.1) is 5.82 Å². The number of amides is 2. The van der Waals surface area contributed by atoms with Gasteiger partial charge < -0.3 is 15.8 Å². The lowest BCUT2D eigenvalue weighted by Gasteiger charge is -2.16. The van der Waals surface area contributed by atoms with Crippen molar-refractivity contribution in [2.45, 2.75) is 13.0 Å². The molecule has 0 fully saturated rings. The van der Waals surface area contributed by atoms with Gasteiger partial charge in [-0.15, -0.1) is 0 Å². The molecule has 114 valence electrons. The topological polar surface area (TPSA) is 114 Å². The van der Waals surface area contributed by atoms with Crippen LogP contribution in [0.25, 0.3) is 0 Å². The van der Waals surface area contributed by atoms with E-state index in [1.807, 2.05) is 0 Å². The zero-order valence-electron chi connectivity index (χ0n) is 11.4. The fourth-order valence-corrected chi connectivity index (χ4v) is 1.52. The number of carbonyl (C=O) groups is 2. The molecule has 0 saturated carbocycles. The Kier molecular flexibility index (Phi) is 5.67. The fourth-order valence-electron chi connectivity index (χ4n) is 1.52. The summed E-state index contributed by atoms with van der Waals surface area (Å²) in [5.74, 6) is -2.40. The Morgan fingerprint density at radius 1 is 1.52 bits per heavy atom. The summed E-state index contributed by atoms with van der Waals surface area (Å²) in [6.45, 7) is 5.31. The summed E-state index contributed by atoms with van der Waals surface area (Å²) >= 11 is 0. The zero-order chi connectivity index (χ0) is 16.0. The molecule has 1 aromatic rings. The number of hydrogen-bond donors (Lipinski definition) is 4. The molecule has 5 N–H and O–H groups in total. The van der Waals surface area contributed by atoms with Gasteiger partial charge in [0.25, 0.3) is 11.8 Å². The molecule has 0 saturated heterocycles. The van der Waals surface area contributed by atoms with Crippen molar-refractivity contribution in [3.05, 3.63) is 41.9 Å². The van der Waals surface area contributed by atoms with Crippen LogP contribution in [0.2, 0.25) is 0 Å². The molecule has 21 heavy (non-hydrogen) atoms. The monoisotopic (exact) mass is 297 g/mol. The number of halogens is 1. The van der Waals surface area contributed by atoms with Crippen molar-refractivity contribution in [2.24, 2.45) is 5.73 Å². The molecular formula is C13H16FN3O4. The number of ether oxygens (including phenoxy) is 1. The highest BCUT2D eigenvalue weighted by Gasteiger charge is 2.23. The van der Waals surface area contributed by atoms with Crippen LogP contribution in [-0.2, 0) is 4.79 Å². The lowest BCUT2D eigenvalue weighted by Crippen LogP contribution is -2.48. The van der Waals surface area contributed by atoms with Crippen LogP contribution in [0.1, 0.15) is 17.3 Å². The maximum absolute atomic E-state index is 13.7. The Bertz CT molecular complexity index is 562. The average molecular weight is 297 g/mol. The highest BCUT2D eigenvalue weighted by atomic mass is 19.1. The van der Waals surface area contributed by atoms with Gasteiger partial charge >= 0.3 is 0 Å². The maximum Gasteiger partial charge on any atom is 0.272 e. The molecule has 1 atom stereocenters. The van der Waals surface area contributed by atoms with Crippen LogP contribution in [0.4, 0.5) is 4.39 Å². The lowest BCUT2D eigenvalue weighted by molar-refractivity contribution is -0.130. The van der Waals surface area contributed by atoms with E-state index in [1.54, 1.807) is 6.92 Å². The third-order valence-corrected chi connectivity index (χ3v) is 2.51. The van der Waals surface area contributed by atoms with Gasteiger partial charge in [0, 0.05) is 11.3 Å². The van der Waals surface area contributed by atoms with Gasteiger partial charge in [-0.1, -0.05) is 6.58 Å². The largest absolute Gasteiger partial charge is 0.491 e. The van der Waals surface area contributed by atoms with Crippen LogP contribution in [0.15, 0.2) is 30.5 Å². The van der Waals surface area contributed by atoms with Crippen molar-refractivity contribution >= 4 is 11.8 Å². The second-order valence-electron chi connectivity index (χ2n) is 4.04. The molecule has 0 radical (unpaired) electrons.